The van der Waals surface area contributed by atoms with Crippen molar-refractivity contribution in [1.82, 2.24) is 9.80 Å². The minimum absolute atomic E-state index is 0.0730. The zero-order chi connectivity index (χ0) is 17.6. The minimum atomic E-state index is -0.0730. The summed E-state index contributed by atoms with van der Waals surface area (Å²) >= 11 is 1.45. The molecule has 0 aliphatic carbocycles. The summed E-state index contributed by atoms with van der Waals surface area (Å²) in [5.41, 5.74) is 1.90. The number of amidine groups is 1. The fraction of sp³-hybridized carbons (Fsp3) is 0.263. The lowest BCUT2D eigenvalue weighted by Crippen LogP contribution is -2.51. The molecule has 1 aliphatic heterocycles. The van der Waals surface area contributed by atoms with Crippen LogP contribution < -0.4 is 5.32 Å². The lowest BCUT2D eigenvalue weighted by molar-refractivity contribution is 0.182. The van der Waals surface area contributed by atoms with E-state index < -0.39 is 0 Å². The molecule has 1 heterocycles. The molecule has 25 heavy (non-hydrogen) atoms. The van der Waals surface area contributed by atoms with Crippen molar-refractivity contribution in [1.29, 1.82) is 5.41 Å². The number of amides is 2. The summed E-state index contributed by atoms with van der Waals surface area (Å²) in [6, 6.07) is 17.6. The van der Waals surface area contributed by atoms with E-state index in [9.17, 15) is 4.79 Å². The van der Waals surface area contributed by atoms with Gasteiger partial charge in [-0.25, -0.2) is 4.79 Å². The van der Waals surface area contributed by atoms with Crippen LogP contribution in [0.15, 0.2) is 59.5 Å². The van der Waals surface area contributed by atoms with Crippen molar-refractivity contribution in [3.05, 3.63) is 60.2 Å². The Kier molecular flexibility index (Phi) is 5.60. The summed E-state index contributed by atoms with van der Waals surface area (Å²) in [6.45, 7) is 4.58. The molecule has 0 atom stereocenters. The molecule has 2 aromatic carbocycles. The second-order valence-corrected chi connectivity index (χ2v) is 7.00. The van der Waals surface area contributed by atoms with Gasteiger partial charge in [0.1, 0.15) is 0 Å². The Balaban J connectivity index is 1.50. The summed E-state index contributed by atoms with van der Waals surface area (Å²) in [5, 5.41) is 11.8. The van der Waals surface area contributed by atoms with E-state index in [4.69, 9.17) is 5.41 Å². The Hall–Kier alpha value is -2.47. The Morgan fingerprint density at radius 1 is 0.960 bits per heavy atom. The molecule has 0 saturated carbocycles. The van der Waals surface area contributed by atoms with Crippen LogP contribution in [0.4, 0.5) is 10.5 Å². The van der Waals surface area contributed by atoms with Gasteiger partial charge in [0.25, 0.3) is 0 Å². The average molecular weight is 354 g/mol. The Morgan fingerprint density at radius 3 is 2.24 bits per heavy atom. The summed E-state index contributed by atoms with van der Waals surface area (Å²) in [4.78, 5) is 17.3. The number of piperazine rings is 1. The van der Waals surface area contributed by atoms with Crippen LogP contribution in [0.25, 0.3) is 0 Å². The third-order valence-electron chi connectivity index (χ3n) is 4.20. The van der Waals surface area contributed by atoms with Crippen molar-refractivity contribution in [2.75, 3.05) is 31.5 Å². The molecule has 1 fully saturated rings. The van der Waals surface area contributed by atoms with Gasteiger partial charge in [0.05, 0.1) is 0 Å². The molecular formula is C19H22N4OS. The molecule has 2 N–H and O–H groups in total. The SMILES string of the molecule is Cc1ccccc1NC(=O)N1CCN(C(=N)Sc2ccccc2)CC1. The van der Waals surface area contributed by atoms with Crippen LogP contribution in [0.2, 0.25) is 0 Å². The highest BCUT2D eigenvalue weighted by molar-refractivity contribution is 8.13. The number of thioether (sulfide) groups is 1. The minimum Gasteiger partial charge on any atom is -0.348 e. The number of carbonyl (C=O) groups is 1. The monoisotopic (exact) mass is 354 g/mol. The Labute approximate surface area is 152 Å². The van der Waals surface area contributed by atoms with E-state index >= 15 is 0 Å². The van der Waals surface area contributed by atoms with Gasteiger partial charge in [-0.15, -0.1) is 0 Å². The highest BCUT2D eigenvalue weighted by Crippen LogP contribution is 2.21. The van der Waals surface area contributed by atoms with Crippen molar-refractivity contribution in [2.24, 2.45) is 0 Å². The summed E-state index contributed by atoms with van der Waals surface area (Å²) in [5.74, 6) is 0. The van der Waals surface area contributed by atoms with Crippen LogP contribution in [-0.4, -0.2) is 47.2 Å². The standard InChI is InChI=1S/C19H22N4OS/c1-15-7-5-6-10-17(15)21-19(24)23-13-11-22(12-14-23)18(20)25-16-8-3-2-4-9-16/h2-10,20H,11-14H2,1H3,(H,21,24). The van der Waals surface area contributed by atoms with Gasteiger partial charge in [-0.05, 0) is 30.7 Å². The van der Waals surface area contributed by atoms with Crippen molar-refractivity contribution in [3.8, 4) is 0 Å². The zero-order valence-corrected chi connectivity index (χ0v) is 15.1. The first-order chi connectivity index (χ1) is 12.1. The predicted octanol–water partition coefficient (Wildman–Crippen LogP) is 3.87. The topological polar surface area (TPSA) is 59.4 Å². The second kappa shape index (κ2) is 8.07. The third kappa shape index (κ3) is 4.54. The molecule has 2 amide bonds. The molecule has 130 valence electrons. The molecule has 5 nitrogen and oxygen atoms in total. The molecule has 0 radical (unpaired) electrons. The first-order valence-electron chi connectivity index (χ1n) is 8.31. The van der Waals surface area contributed by atoms with E-state index in [2.05, 4.69) is 5.32 Å². The van der Waals surface area contributed by atoms with Gasteiger partial charge in [-0.1, -0.05) is 48.2 Å². The van der Waals surface area contributed by atoms with Crippen LogP contribution in [0.1, 0.15) is 5.56 Å². The molecule has 0 spiro atoms. The lowest BCUT2D eigenvalue weighted by atomic mass is 10.2. The number of urea groups is 1. The fourth-order valence-corrected chi connectivity index (χ4v) is 3.51. The summed E-state index contributed by atoms with van der Waals surface area (Å²) in [7, 11) is 0. The highest BCUT2D eigenvalue weighted by Gasteiger charge is 2.23. The summed E-state index contributed by atoms with van der Waals surface area (Å²) < 4.78 is 0. The maximum Gasteiger partial charge on any atom is 0.321 e. The van der Waals surface area contributed by atoms with E-state index in [1.165, 1.54) is 11.8 Å². The van der Waals surface area contributed by atoms with Crippen LogP contribution in [0.3, 0.4) is 0 Å². The fourth-order valence-electron chi connectivity index (χ4n) is 2.68. The van der Waals surface area contributed by atoms with E-state index in [-0.39, 0.29) is 6.03 Å². The van der Waals surface area contributed by atoms with Gasteiger partial charge in [0.2, 0.25) is 0 Å². The maximum absolute atomic E-state index is 12.4. The average Bonchev–Trinajstić information content (AvgIpc) is 2.64. The number of anilines is 1. The van der Waals surface area contributed by atoms with Crippen molar-refractivity contribution in [2.45, 2.75) is 11.8 Å². The van der Waals surface area contributed by atoms with Crippen LogP contribution in [0.5, 0.6) is 0 Å². The number of hydrogen-bond acceptors (Lipinski definition) is 3. The van der Waals surface area contributed by atoms with Gasteiger partial charge >= 0.3 is 6.03 Å². The van der Waals surface area contributed by atoms with E-state index in [0.717, 1.165) is 16.1 Å². The predicted molar refractivity (Wildman–Crippen MR) is 103 cm³/mol. The number of rotatable bonds is 2. The van der Waals surface area contributed by atoms with Crippen molar-refractivity contribution in [3.63, 3.8) is 0 Å². The third-order valence-corrected chi connectivity index (χ3v) is 5.16. The molecule has 0 aromatic heterocycles. The first kappa shape index (κ1) is 17.4. The lowest BCUT2D eigenvalue weighted by Gasteiger charge is -2.35. The van der Waals surface area contributed by atoms with Gasteiger partial charge in [-0.2, -0.15) is 0 Å². The van der Waals surface area contributed by atoms with Gasteiger partial charge < -0.3 is 15.1 Å². The quantitative estimate of drug-likeness (QED) is 0.489. The molecule has 1 saturated heterocycles. The molecular weight excluding hydrogens is 332 g/mol. The molecule has 1 aliphatic rings. The van der Waals surface area contributed by atoms with Crippen molar-refractivity contribution < 1.29 is 4.79 Å². The highest BCUT2D eigenvalue weighted by atomic mass is 32.2. The van der Waals surface area contributed by atoms with E-state index in [1.54, 1.807) is 0 Å². The van der Waals surface area contributed by atoms with Crippen LogP contribution in [0, 0.1) is 12.3 Å². The Morgan fingerprint density at radius 2 is 1.56 bits per heavy atom. The van der Waals surface area contributed by atoms with Gasteiger partial charge in [0, 0.05) is 36.8 Å². The van der Waals surface area contributed by atoms with E-state index in [1.807, 2.05) is 71.3 Å². The normalized spacial score (nSPS) is 14.3. The molecule has 6 heteroatoms. The molecule has 3 rings (SSSR count). The maximum atomic E-state index is 12.4. The van der Waals surface area contributed by atoms with Gasteiger partial charge in [-0.3, -0.25) is 5.41 Å². The molecule has 2 aromatic rings. The Bertz CT molecular complexity index is 742. The summed E-state index contributed by atoms with van der Waals surface area (Å²) in [6.07, 6.45) is 0. The number of para-hydroxylation sites is 1. The van der Waals surface area contributed by atoms with Crippen LogP contribution in [-0.2, 0) is 0 Å². The largest absolute Gasteiger partial charge is 0.348 e. The number of nitrogens with one attached hydrogen (secondary N) is 2. The zero-order valence-electron chi connectivity index (χ0n) is 14.2. The first-order valence-corrected chi connectivity index (χ1v) is 9.13. The van der Waals surface area contributed by atoms with Gasteiger partial charge in [0.15, 0.2) is 5.17 Å². The number of hydrogen-bond donors (Lipinski definition) is 2. The van der Waals surface area contributed by atoms with Crippen molar-refractivity contribution >= 4 is 28.6 Å². The molecule has 0 unspecified atom stereocenters. The van der Waals surface area contributed by atoms with Crippen LogP contribution >= 0.6 is 11.8 Å². The molecule has 0 bridgehead atoms. The number of nitrogens with zero attached hydrogens (tertiary/aromatic N) is 2. The number of benzene rings is 2. The smallest absolute Gasteiger partial charge is 0.321 e. The number of carbonyl (C=O) groups excluding carboxylic acids is 1. The van der Waals surface area contributed by atoms with E-state index in [0.29, 0.717) is 31.3 Å². The second-order valence-electron chi connectivity index (χ2n) is 5.94. The number of aryl methyl sites for hydroxylation is 1.